The van der Waals surface area contributed by atoms with Crippen molar-refractivity contribution >= 4 is 20.8 Å². The van der Waals surface area contributed by atoms with Gasteiger partial charge in [-0.2, -0.15) is 0 Å². The van der Waals surface area contributed by atoms with Crippen LogP contribution in [0, 0.1) is 0 Å². The molecular formula is C44H78N2O8S2-2. The predicted octanol–water partition coefficient (Wildman–Crippen LogP) is 10.2. The normalized spacial score (nSPS) is 11.8. The lowest BCUT2D eigenvalue weighted by molar-refractivity contribution is -0.930. The van der Waals surface area contributed by atoms with E-state index in [9.17, 15) is 0 Å². The molecule has 10 nitrogen and oxygen atoms in total. The average Bonchev–Trinajstić information content (AvgIpc) is 3.10. The summed E-state index contributed by atoms with van der Waals surface area (Å²) in [6.45, 7) is 29.7. The fourth-order valence-corrected chi connectivity index (χ4v) is 7.42. The third kappa shape index (κ3) is 37.4. The lowest BCUT2D eigenvalue weighted by Gasteiger charge is -2.38. The molecular weight excluding hydrogens is 749 g/mol. The minimum absolute atomic E-state index is 1.00. The van der Waals surface area contributed by atoms with E-state index in [1.165, 1.54) is 153 Å². The van der Waals surface area contributed by atoms with Crippen molar-refractivity contribution in [2.75, 3.05) is 39.3 Å². The van der Waals surface area contributed by atoms with Gasteiger partial charge in [0, 0.05) is 31.9 Å². The lowest BCUT2D eigenvalue weighted by Crippen LogP contribution is -2.48. The summed E-state index contributed by atoms with van der Waals surface area (Å²) >= 11 is 0. The van der Waals surface area contributed by atoms with Crippen LogP contribution in [0.5, 0.6) is 0 Å². The molecule has 0 amide bonds. The van der Waals surface area contributed by atoms with E-state index in [2.05, 4.69) is 88.7 Å². The number of quaternary nitrogens is 2. The summed E-state index contributed by atoms with van der Waals surface area (Å²) < 4.78 is 70.2. The Labute approximate surface area is 344 Å². The monoisotopic (exact) mass is 827 g/mol. The molecule has 0 aliphatic carbocycles. The zero-order valence-electron chi connectivity index (χ0n) is 35.2. The Balaban J connectivity index is 0. The molecule has 0 saturated heterocycles. The highest BCUT2D eigenvalue weighted by Gasteiger charge is 2.27. The van der Waals surface area contributed by atoms with Crippen LogP contribution in [0.1, 0.15) is 153 Å². The van der Waals surface area contributed by atoms with Gasteiger partial charge in [-0.1, -0.05) is 167 Å². The van der Waals surface area contributed by atoms with E-state index >= 15 is 0 Å². The number of rotatable bonds is 34. The maximum Gasteiger partial charge on any atom is 0.105 e. The molecule has 12 heteroatoms. The van der Waals surface area contributed by atoms with Crippen LogP contribution in [-0.4, -0.2) is 83.3 Å². The van der Waals surface area contributed by atoms with Crippen molar-refractivity contribution in [2.45, 2.75) is 155 Å². The molecule has 0 fully saturated rings. The Hall–Kier alpha value is -2.16. The second kappa shape index (κ2) is 34.8. The van der Waals surface area contributed by atoms with Crippen LogP contribution < -0.4 is 0 Å². The number of nitrogens with zero attached hydrogens (tertiary/aromatic N) is 2. The van der Waals surface area contributed by atoms with E-state index in [4.69, 9.17) is 35.0 Å². The van der Waals surface area contributed by atoms with E-state index in [1.54, 1.807) is 0 Å². The molecule has 1 aromatic rings. The molecule has 0 radical (unpaired) electrons. The van der Waals surface area contributed by atoms with Crippen molar-refractivity contribution < 1.29 is 44.0 Å². The molecule has 1 aromatic carbocycles. The average molecular weight is 827 g/mol. The van der Waals surface area contributed by atoms with Crippen molar-refractivity contribution in [3.8, 4) is 0 Å². The summed E-state index contributed by atoms with van der Waals surface area (Å²) in [5.41, 5.74) is 2.86. The zero-order valence-corrected chi connectivity index (χ0v) is 36.9. The van der Waals surface area contributed by atoms with Crippen molar-refractivity contribution in [2.24, 2.45) is 0 Å². The van der Waals surface area contributed by atoms with Gasteiger partial charge in [-0.3, -0.25) is 16.8 Å². The van der Waals surface area contributed by atoms with Crippen molar-refractivity contribution in [3.05, 3.63) is 86.0 Å². The molecule has 0 aliphatic heterocycles. The number of hydrogen-bond donors (Lipinski definition) is 0. The van der Waals surface area contributed by atoms with Gasteiger partial charge in [0.15, 0.2) is 0 Å². The SMILES string of the molecule is C=CC[N+](CC=C)(CCCCCCCCCCCC)Cc1ccc(C[N+](CC=C)(CC=C)CCCCCCCCCCCC)cc1.O=S(=O)([O-])[O-].O=S(=O)([O-])[O-]. The summed E-state index contributed by atoms with van der Waals surface area (Å²) in [7, 11) is -10.3. The topological polar surface area (TPSA) is 161 Å². The maximum absolute atomic E-state index is 8.52. The first-order valence-corrected chi connectivity index (χ1v) is 23.7. The molecule has 1 rings (SSSR count). The quantitative estimate of drug-likeness (QED) is 0.0218. The first-order chi connectivity index (χ1) is 26.5. The van der Waals surface area contributed by atoms with E-state index < -0.39 is 20.8 Å². The molecule has 0 aromatic heterocycles. The van der Waals surface area contributed by atoms with Crippen LogP contribution in [0.15, 0.2) is 74.9 Å². The van der Waals surface area contributed by atoms with Crippen molar-refractivity contribution in [3.63, 3.8) is 0 Å². The van der Waals surface area contributed by atoms with Gasteiger partial charge < -0.3 is 27.2 Å². The smallest absolute Gasteiger partial charge is 0.105 e. The predicted molar refractivity (Wildman–Crippen MR) is 229 cm³/mol. The molecule has 0 aliphatic rings. The Bertz CT molecular complexity index is 1210. The van der Waals surface area contributed by atoms with Crippen LogP contribution in [0.3, 0.4) is 0 Å². The van der Waals surface area contributed by atoms with Gasteiger partial charge in [-0.25, -0.2) is 0 Å². The molecule has 0 heterocycles. The number of hydrogen-bond acceptors (Lipinski definition) is 8. The molecule has 0 unspecified atom stereocenters. The first kappa shape index (κ1) is 55.9. The van der Waals surface area contributed by atoms with E-state index in [0.29, 0.717) is 0 Å². The first-order valence-electron chi connectivity index (χ1n) is 21.1. The summed E-state index contributed by atoms with van der Waals surface area (Å²) in [5, 5.41) is 0. The molecule has 0 spiro atoms. The largest absolute Gasteiger partial charge is 0.759 e. The minimum atomic E-state index is -5.17. The number of unbranched alkanes of at least 4 members (excludes halogenated alkanes) is 18. The fourth-order valence-electron chi connectivity index (χ4n) is 7.42. The van der Waals surface area contributed by atoms with Gasteiger partial charge in [0.1, 0.15) is 13.1 Å². The van der Waals surface area contributed by atoms with Gasteiger partial charge >= 0.3 is 0 Å². The third-order valence-electron chi connectivity index (χ3n) is 10.1. The summed E-state index contributed by atoms with van der Waals surface area (Å²) in [4.78, 5) is 0. The fraction of sp³-hybridized carbons (Fsp3) is 0.682. The molecule has 56 heavy (non-hydrogen) atoms. The molecule has 0 bridgehead atoms. The van der Waals surface area contributed by atoms with Gasteiger partial charge in [-0.15, -0.1) is 0 Å². The summed E-state index contributed by atoms with van der Waals surface area (Å²) in [6.07, 6.45) is 36.1. The Morgan fingerprint density at radius 2 is 0.625 bits per heavy atom. The lowest BCUT2D eigenvalue weighted by atomic mass is 10.0. The van der Waals surface area contributed by atoms with E-state index in [0.717, 1.165) is 48.2 Å². The second-order valence-electron chi connectivity index (χ2n) is 15.3. The van der Waals surface area contributed by atoms with Crippen molar-refractivity contribution in [1.29, 1.82) is 0 Å². The van der Waals surface area contributed by atoms with E-state index in [-0.39, 0.29) is 0 Å². The highest BCUT2D eigenvalue weighted by molar-refractivity contribution is 7.79. The highest BCUT2D eigenvalue weighted by atomic mass is 32.3. The Morgan fingerprint density at radius 1 is 0.429 bits per heavy atom. The van der Waals surface area contributed by atoms with Crippen LogP contribution >= 0.6 is 0 Å². The van der Waals surface area contributed by atoms with E-state index in [1.807, 2.05) is 0 Å². The minimum Gasteiger partial charge on any atom is -0.759 e. The molecule has 326 valence electrons. The van der Waals surface area contributed by atoms with Crippen LogP contribution in [0.25, 0.3) is 0 Å². The maximum atomic E-state index is 8.52. The van der Waals surface area contributed by atoms with Gasteiger partial charge in [0.05, 0.1) is 39.3 Å². The van der Waals surface area contributed by atoms with Gasteiger partial charge in [0.25, 0.3) is 0 Å². The summed E-state index contributed by atoms with van der Waals surface area (Å²) in [6, 6.07) is 9.57. The Morgan fingerprint density at radius 3 is 0.821 bits per heavy atom. The number of benzene rings is 1. The zero-order chi connectivity index (χ0) is 42.6. The Kier molecular flexibility index (Phi) is 34.8. The second-order valence-corrected chi connectivity index (χ2v) is 17.0. The third-order valence-corrected chi connectivity index (χ3v) is 10.1. The van der Waals surface area contributed by atoms with Gasteiger partial charge in [-0.05, 0) is 50.0 Å². The molecule has 0 atom stereocenters. The van der Waals surface area contributed by atoms with Crippen molar-refractivity contribution in [1.82, 2.24) is 0 Å². The van der Waals surface area contributed by atoms with Crippen LogP contribution in [0.2, 0.25) is 0 Å². The van der Waals surface area contributed by atoms with Crippen LogP contribution in [-0.2, 0) is 33.9 Å². The standard InChI is InChI=1S/C44H78N2.2H2O4S/c1-7-13-15-17-19-21-23-25-27-29-39-45(35-9-3,36-10-4)41-43-31-33-44(34-32-43)42-46(37-11-5,38-12-6)40-30-28-26-24-22-20-18-16-14-8-2;2*1-5(2,3)4/h9-12,31-34H,3-8,13-30,35-42H2,1-2H3;2*(H2,1,2,3,4)/q+2;;/p-4. The van der Waals surface area contributed by atoms with Crippen LogP contribution in [0.4, 0.5) is 0 Å². The molecule has 0 N–H and O–H groups in total. The summed E-state index contributed by atoms with van der Waals surface area (Å²) in [5.74, 6) is 0. The highest BCUT2D eigenvalue weighted by Crippen LogP contribution is 2.22. The molecule has 0 saturated carbocycles. The van der Waals surface area contributed by atoms with Gasteiger partial charge in [0.2, 0.25) is 0 Å².